The van der Waals surface area contributed by atoms with E-state index in [0.29, 0.717) is 0 Å². The predicted octanol–water partition coefficient (Wildman–Crippen LogP) is 0.523. The van der Waals surface area contributed by atoms with Crippen LogP contribution >= 0.6 is 0 Å². The van der Waals surface area contributed by atoms with Gasteiger partial charge in [-0.25, -0.2) is 0 Å². The summed E-state index contributed by atoms with van der Waals surface area (Å²) in [6.07, 6.45) is 10.4. The maximum atomic E-state index is 5.22. The molecule has 3 N–H and O–H groups in total. The maximum absolute atomic E-state index is 5.22. The van der Waals surface area contributed by atoms with Crippen molar-refractivity contribution in [1.29, 1.82) is 0 Å². The smallest absolute Gasteiger partial charge is 0.129 e. The number of hydrogen-bond donors (Lipinski definition) is 1. The van der Waals surface area contributed by atoms with Gasteiger partial charge in [-0.1, -0.05) is 11.8 Å². The van der Waals surface area contributed by atoms with Crippen LogP contribution in [-0.4, -0.2) is 0 Å². The minimum Gasteiger partial charge on any atom is -0.325 e. The molecule has 0 spiro atoms. The van der Waals surface area contributed by atoms with Gasteiger partial charge in [0.05, 0.1) is 0 Å². The Bertz CT molecular complexity index is 350. The van der Waals surface area contributed by atoms with E-state index in [0.717, 1.165) is 16.8 Å². The molecule has 0 unspecified atom stereocenters. The summed E-state index contributed by atoms with van der Waals surface area (Å²) in [4.78, 5) is 0. The van der Waals surface area contributed by atoms with E-state index in [1.807, 2.05) is 6.07 Å². The summed E-state index contributed by atoms with van der Waals surface area (Å²) in [7, 11) is 0. The zero-order valence-electron chi connectivity index (χ0n) is 6.09. The molecule has 0 saturated carbocycles. The van der Waals surface area contributed by atoms with Crippen LogP contribution in [0.2, 0.25) is 0 Å². The number of benzene rings is 1. The molecule has 0 fully saturated rings. The van der Waals surface area contributed by atoms with Crippen LogP contribution in [0, 0.1) is 24.7 Å². The van der Waals surface area contributed by atoms with Gasteiger partial charge in [0.2, 0.25) is 0 Å². The summed E-state index contributed by atoms with van der Waals surface area (Å²) in [6.45, 7) is 0. The minimum absolute atomic E-state index is 0.736. The second-order valence-electron chi connectivity index (χ2n) is 2.17. The third-order valence-electron chi connectivity index (χ3n) is 1.39. The van der Waals surface area contributed by atoms with Crippen molar-refractivity contribution in [3.05, 3.63) is 29.3 Å². The zero-order chi connectivity index (χ0) is 8.27. The summed E-state index contributed by atoms with van der Waals surface area (Å²) in [5.41, 5.74) is 6.11. The third kappa shape index (κ3) is 1.41. The number of quaternary nitrogens is 1. The Morgan fingerprint density at radius 2 is 1.73 bits per heavy atom. The monoisotopic (exact) mass is 142 g/mol. The van der Waals surface area contributed by atoms with Crippen LogP contribution in [0.25, 0.3) is 0 Å². The first-order chi connectivity index (χ1) is 5.27. The molecule has 0 atom stereocenters. The van der Waals surface area contributed by atoms with Crippen molar-refractivity contribution in [1.82, 2.24) is 0 Å². The Morgan fingerprint density at radius 3 is 2.27 bits per heavy atom. The van der Waals surface area contributed by atoms with E-state index in [2.05, 4.69) is 17.6 Å². The number of rotatable bonds is 0. The van der Waals surface area contributed by atoms with Gasteiger partial charge in [-0.2, -0.15) is 0 Å². The first-order valence-corrected chi connectivity index (χ1v) is 3.17. The van der Waals surface area contributed by atoms with Crippen molar-refractivity contribution in [2.45, 2.75) is 0 Å². The molecule has 0 bridgehead atoms. The van der Waals surface area contributed by atoms with Crippen molar-refractivity contribution in [3.63, 3.8) is 0 Å². The van der Waals surface area contributed by atoms with E-state index >= 15 is 0 Å². The van der Waals surface area contributed by atoms with Gasteiger partial charge in [-0.3, -0.25) is 0 Å². The van der Waals surface area contributed by atoms with Crippen LogP contribution in [0.3, 0.4) is 0 Å². The van der Waals surface area contributed by atoms with E-state index in [1.165, 1.54) is 0 Å². The van der Waals surface area contributed by atoms with Gasteiger partial charge >= 0.3 is 0 Å². The van der Waals surface area contributed by atoms with Crippen LogP contribution in [0.1, 0.15) is 11.1 Å². The lowest BCUT2D eigenvalue weighted by molar-refractivity contribution is -0.254. The molecule has 1 heteroatoms. The van der Waals surface area contributed by atoms with Crippen molar-refractivity contribution in [2.24, 2.45) is 0 Å². The molecule has 0 amide bonds. The van der Waals surface area contributed by atoms with Crippen molar-refractivity contribution in [3.8, 4) is 24.7 Å². The zero-order valence-corrected chi connectivity index (χ0v) is 6.09. The maximum Gasteiger partial charge on any atom is 0.129 e. The minimum atomic E-state index is 0.736. The SMILES string of the molecule is C#Cc1ccc([NH3+])cc1C#C. The lowest BCUT2D eigenvalue weighted by atomic mass is 10.1. The van der Waals surface area contributed by atoms with E-state index in [-0.39, 0.29) is 0 Å². The van der Waals surface area contributed by atoms with Gasteiger partial charge in [-0.15, -0.1) is 12.8 Å². The molecule has 0 aliphatic carbocycles. The Morgan fingerprint density at radius 1 is 1.09 bits per heavy atom. The topological polar surface area (TPSA) is 27.6 Å². The van der Waals surface area contributed by atoms with Gasteiger partial charge in [0.1, 0.15) is 5.69 Å². The second-order valence-corrected chi connectivity index (χ2v) is 2.17. The van der Waals surface area contributed by atoms with E-state index in [4.69, 9.17) is 12.8 Å². The summed E-state index contributed by atoms with van der Waals surface area (Å²) in [5, 5.41) is 0. The molecule has 0 radical (unpaired) electrons. The Kier molecular flexibility index (Phi) is 1.97. The molecule has 0 aliphatic heterocycles. The normalized spacial score (nSPS) is 8.27. The van der Waals surface area contributed by atoms with E-state index < -0.39 is 0 Å². The summed E-state index contributed by atoms with van der Waals surface area (Å²) >= 11 is 0. The van der Waals surface area contributed by atoms with Gasteiger partial charge in [0.15, 0.2) is 0 Å². The van der Waals surface area contributed by atoms with E-state index in [1.54, 1.807) is 12.1 Å². The lowest BCUT2D eigenvalue weighted by Crippen LogP contribution is -2.40. The Balaban J connectivity index is 3.34. The molecule has 1 rings (SSSR count). The molecule has 1 aromatic rings. The molecule has 0 aliphatic rings. The summed E-state index contributed by atoms with van der Waals surface area (Å²) in [6, 6.07) is 5.45. The van der Waals surface area contributed by atoms with Crippen molar-refractivity contribution >= 4 is 5.69 Å². The van der Waals surface area contributed by atoms with E-state index in [9.17, 15) is 0 Å². The van der Waals surface area contributed by atoms with Gasteiger partial charge < -0.3 is 5.73 Å². The van der Waals surface area contributed by atoms with Crippen LogP contribution in [0.5, 0.6) is 0 Å². The average molecular weight is 142 g/mol. The quantitative estimate of drug-likeness (QED) is 0.511. The fraction of sp³-hybridized carbons (Fsp3) is 0. The second kappa shape index (κ2) is 2.92. The molecule has 0 saturated heterocycles. The number of terminal acetylenes is 2. The summed E-state index contributed by atoms with van der Waals surface area (Å²) in [5.74, 6) is 5.01. The highest BCUT2D eigenvalue weighted by molar-refractivity contribution is 5.53. The molecule has 52 valence electrons. The standard InChI is InChI=1S/C10H7N/c1-3-8-5-6-10(11)7-9(8)4-2/h1-2,5-7H,11H2/p+1. The number of hydrogen-bond acceptors (Lipinski definition) is 0. The van der Waals surface area contributed by atoms with Crippen LogP contribution in [0.4, 0.5) is 5.69 Å². The van der Waals surface area contributed by atoms with Crippen LogP contribution in [0.15, 0.2) is 18.2 Å². The molecule has 0 aromatic heterocycles. The molecular weight excluding hydrogens is 134 g/mol. The first kappa shape index (κ1) is 7.41. The van der Waals surface area contributed by atoms with Gasteiger partial charge in [-0.05, 0) is 6.07 Å². The molecular formula is C10H8N+. The lowest BCUT2D eigenvalue weighted by Gasteiger charge is -1.94. The largest absolute Gasteiger partial charge is 0.325 e. The third-order valence-corrected chi connectivity index (χ3v) is 1.39. The highest BCUT2D eigenvalue weighted by Crippen LogP contribution is 2.09. The Labute approximate surface area is 66.2 Å². The first-order valence-electron chi connectivity index (χ1n) is 3.17. The Hall–Kier alpha value is -1.70. The van der Waals surface area contributed by atoms with Gasteiger partial charge in [0.25, 0.3) is 0 Å². The average Bonchev–Trinajstić information content (AvgIpc) is 2.04. The molecule has 11 heavy (non-hydrogen) atoms. The molecule has 1 nitrogen and oxygen atoms in total. The fourth-order valence-corrected chi connectivity index (χ4v) is 0.837. The van der Waals surface area contributed by atoms with Crippen molar-refractivity contribution < 1.29 is 5.73 Å². The fourth-order valence-electron chi connectivity index (χ4n) is 0.837. The predicted molar refractivity (Wildman–Crippen MR) is 44.9 cm³/mol. The highest BCUT2D eigenvalue weighted by Gasteiger charge is 1.97. The van der Waals surface area contributed by atoms with Crippen molar-refractivity contribution in [2.75, 3.05) is 0 Å². The van der Waals surface area contributed by atoms with Crippen LogP contribution in [-0.2, 0) is 0 Å². The molecule has 1 aromatic carbocycles. The highest BCUT2D eigenvalue weighted by atomic mass is 14.5. The van der Waals surface area contributed by atoms with Gasteiger partial charge in [0, 0.05) is 23.3 Å². The summed E-state index contributed by atoms with van der Waals surface area (Å²) < 4.78 is 0. The molecule has 0 heterocycles. The van der Waals surface area contributed by atoms with Crippen LogP contribution < -0.4 is 5.73 Å².